The Labute approximate surface area is 142 Å². The number of H-pyrrole nitrogens is 1. The number of rotatable bonds is 4. The zero-order chi connectivity index (χ0) is 17.2. The van der Waals surface area contributed by atoms with Crippen molar-refractivity contribution in [2.75, 3.05) is 6.61 Å². The average Bonchev–Trinajstić information content (AvgIpc) is 2.99. The van der Waals surface area contributed by atoms with Gasteiger partial charge < -0.3 is 9.47 Å². The van der Waals surface area contributed by atoms with Crippen molar-refractivity contribution in [1.29, 1.82) is 0 Å². The molecule has 0 spiro atoms. The SMILES string of the molecule is CC(C)(C)OC(=O)C1CCC(COc2ccc3cn[nH]c3c2)CC1. The lowest BCUT2D eigenvalue weighted by Gasteiger charge is -2.29. The lowest BCUT2D eigenvalue weighted by molar-refractivity contribution is -0.161. The van der Waals surface area contributed by atoms with E-state index in [-0.39, 0.29) is 11.9 Å². The Balaban J connectivity index is 1.46. The highest BCUT2D eigenvalue weighted by atomic mass is 16.6. The molecule has 0 atom stereocenters. The van der Waals surface area contributed by atoms with Crippen LogP contribution in [0.3, 0.4) is 0 Å². The fraction of sp³-hybridized carbons (Fsp3) is 0.579. The van der Waals surface area contributed by atoms with Crippen LogP contribution in [-0.4, -0.2) is 28.4 Å². The van der Waals surface area contributed by atoms with Crippen LogP contribution in [0.4, 0.5) is 0 Å². The van der Waals surface area contributed by atoms with Gasteiger partial charge in [-0.1, -0.05) is 0 Å². The molecule has 1 aliphatic carbocycles. The fourth-order valence-electron chi connectivity index (χ4n) is 3.17. The van der Waals surface area contributed by atoms with Crippen molar-refractivity contribution in [1.82, 2.24) is 10.2 Å². The first-order valence-electron chi connectivity index (χ1n) is 8.69. The summed E-state index contributed by atoms with van der Waals surface area (Å²) in [6, 6.07) is 5.96. The van der Waals surface area contributed by atoms with E-state index in [9.17, 15) is 4.79 Å². The third-order valence-electron chi connectivity index (χ3n) is 4.49. The van der Waals surface area contributed by atoms with E-state index in [4.69, 9.17) is 9.47 Å². The molecule has 0 aliphatic heterocycles. The van der Waals surface area contributed by atoms with Crippen LogP contribution in [0.1, 0.15) is 46.5 Å². The smallest absolute Gasteiger partial charge is 0.309 e. The number of fused-ring (bicyclic) bond motifs is 1. The highest BCUT2D eigenvalue weighted by molar-refractivity contribution is 5.79. The largest absolute Gasteiger partial charge is 0.493 e. The lowest BCUT2D eigenvalue weighted by atomic mass is 9.82. The topological polar surface area (TPSA) is 64.2 Å². The van der Waals surface area contributed by atoms with E-state index in [0.29, 0.717) is 12.5 Å². The maximum absolute atomic E-state index is 12.1. The van der Waals surface area contributed by atoms with Gasteiger partial charge in [0, 0.05) is 11.5 Å². The molecule has 1 aromatic heterocycles. The predicted molar refractivity (Wildman–Crippen MR) is 92.9 cm³/mol. The van der Waals surface area contributed by atoms with E-state index >= 15 is 0 Å². The molecule has 0 unspecified atom stereocenters. The lowest BCUT2D eigenvalue weighted by Crippen LogP contribution is -2.31. The molecule has 1 saturated carbocycles. The standard InChI is InChI=1S/C19H26N2O3/c1-19(2,3)24-18(22)14-6-4-13(5-7-14)12-23-16-9-8-15-11-20-21-17(15)10-16/h8-11,13-14H,4-7,12H2,1-3H3,(H,20,21). The Morgan fingerprint density at radius 3 is 2.71 bits per heavy atom. The molecular weight excluding hydrogens is 304 g/mol. The van der Waals surface area contributed by atoms with Crippen molar-refractivity contribution in [3.63, 3.8) is 0 Å². The second kappa shape index (κ2) is 6.83. The monoisotopic (exact) mass is 330 g/mol. The Morgan fingerprint density at radius 1 is 1.25 bits per heavy atom. The molecule has 0 radical (unpaired) electrons. The summed E-state index contributed by atoms with van der Waals surface area (Å²) in [7, 11) is 0. The number of hydrogen-bond donors (Lipinski definition) is 1. The van der Waals surface area contributed by atoms with Crippen LogP contribution in [-0.2, 0) is 9.53 Å². The van der Waals surface area contributed by atoms with E-state index < -0.39 is 5.60 Å². The zero-order valence-corrected chi connectivity index (χ0v) is 14.7. The molecule has 0 bridgehead atoms. The van der Waals surface area contributed by atoms with Gasteiger partial charge in [-0.25, -0.2) is 0 Å². The van der Waals surface area contributed by atoms with Crippen molar-refractivity contribution >= 4 is 16.9 Å². The van der Waals surface area contributed by atoms with E-state index in [1.165, 1.54) is 0 Å². The number of aromatic amines is 1. The molecule has 1 N–H and O–H groups in total. The number of esters is 1. The quantitative estimate of drug-likeness (QED) is 0.858. The minimum absolute atomic E-state index is 0.0434. The third-order valence-corrected chi connectivity index (χ3v) is 4.49. The second-order valence-electron chi connectivity index (χ2n) is 7.68. The third kappa shape index (κ3) is 4.28. The first kappa shape index (κ1) is 16.8. The van der Waals surface area contributed by atoms with E-state index in [1.807, 2.05) is 39.0 Å². The molecule has 24 heavy (non-hydrogen) atoms. The molecule has 5 heteroatoms. The molecular formula is C19H26N2O3. The number of nitrogens with zero attached hydrogens (tertiary/aromatic N) is 1. The summed E-state index contributed by atoms with van der Waals surface area (Å²) < 4.78 is 11.4. The van der Waals surface area contributed by atoms with Crippen LogP contribution in [0.5, 0.6) is 5.75 Å². The number of benzene rings is 1. The minimum Gasteiger partial charge on any atom is -0.493 e. The van der Waals surface area contributed by atoms with Gasteiger partial charge >= 0.3 is 5.97 Å². The number of carbonyl (C=O) groups excluding carboxylic acids is 1. The minimum atomic E-state index is -0.400. The van der Waals surface area contributed by atoms with Crippen molar-refractivity contribution in [3.8, 4) is 5.75 Å². The summed E-state index contributed by atoms with van der Waals surface area (Å²) in [6.45, 7) is 6.45. The van der Waals surface area contributed by atoms with Gasteiger partial charge in [0.15, 0.2) is 0 Å². The number of hydrogen-bond acceptors (Lipinski definition) is 4. The van der Waals surface area contributed by atoms with Crippen LogP contribution >= 0.6 is 0 Å². The number of ether oxygens (including phenoxy) is 2. The van der Waals surface area contributed by atoms with Crippen LogP contribution < -0.4 is 4.74 Å². The Hall–Kier alpha value is -2.04. The van der Waals surface area contributed by atoms with Gasteiger partial charge in [-0.05, 0) is 64.5 Å². The number of nitrogens with one attached hydrogen (secondary N) is 1. The molecule has 2 aromatic rings. The van der Waals surface area contributed by atoms with Crippen molar-refractivity contribution < 1.29 is 14.3 Å². The van der Waals surface area contributed by atoms with Crippen molar-refractivity contribution in [2.45, 2.75) is 52.1 Å². The maximum Gasteiger partial charge on any atom is 0.309 e. The summed E-state index contributed by atoms with van der Waals surface area (Å²) in [5, 5.41) is 8.05. The molecule has 130 valence electrons. The average molecular weight is 330 g/mol. The maximum atomic E-state index is 12.1. The summed E-state index contributed by atoms with van der Waals surface area (Å²) in [4.78, 5) is 12.1. The predicted octanol–water partition coefficient (Wildman–Crippen LogP) is 4.09. The fourth-order valence-corrected chi connectivity index (χ4v) is 3.17. The van der Waals surface area contributed by atoms with Gasteiger partial charge in [-0.15, -0.1) is 0 Å². The normalized spacial score (nSPS) is 21.6. The van der Waals surface area contributed by atoms with E-state index in [2.05, 4.69) is 10.2 Å². The Morgan fingerprint density at radius 2 is 2.00 bits per heavy atom. The summed E-state index contributed by atoms with van der Waals surface area (Å²) in [5.41, 5.74) is 0.587. The summed E-state index contributed by atoms with van der Waals surface area (Å²) in [5.74, 6) is 1.36. The van der Waals surface area contributed by atoms with E-state index in [1.54, 1.807) is 6.20 Å². The first-order valence-corrected chi connectivity index (χ1v) is 8.69. The molecule has 3 rings (SSSR count). The highest BCUT2D eigenvalue weighted by Gasteiger charge is 2.30. The number of carbonyl (C=O) groups is 1. The molecule has 1 aliphatic rings. The van der Waals surface area contributed by atoms with Gasteiger partial charge in [0.1, 0.15) is 11.4 Å². The van der Waals surface area contributed by atoms with Gasteiger partial charge in [-0.3, -0.25) is 9.89 Å². The summed E-state index contributed by atoms with van der Waals surface area (Å²) in [6.07, 6.45) is 5.61. The van der Waals surface area contributed by atoms with Crippen molar-refractivity contribution in [3.05, 3.63) is 24.4 Å². The molecule has 1 fully saturated rings. The second-order valence-corrected chi connectivity index (χ2v) is 7.68. The molecule has 1 heterocycles. The summed E-state index contributed by atoms with van der Waals surface area (Å²) >= 11 is 0. The molecule has 1 aromatic carbocycles. The Bertz CT molecular complexity index is 694. The van der Waals surface area contributed by atoms with E-state index in [0.717, 1.165) is 42.3 Å². The van der Waals surface area contributed by atoms with Gasteiger partial charge in [0.25, 0.3) is 0 Å². The number of aromatic nitrogens is 2. The molecule has 0 amide bonds. The van der Waals surface area contributed by atoms with Crippen molar-refractivity contribution in [2.24, 2.45) is 11.8 Å². The first-order chi connectivity index (χ1) is 11.4. The molecule has 5 nitrogen and oxygen atoms in total. The van der Waals surface area contributed by atoms with Crippen LogP contribution in [0, 0.1) is 11.8 Å². The van der Waals surface area contributed by atoms with Gasteiger partial charge in [0.05, 0.1) is 24.2 Å². The van der Waals surface area contributed by atoms with Crippen LogP contribution in [0.15, 0.2) is 24.4 Å². The van der Waals surface area contributed by atoms with Gasteiger partial charge in [0.2, 0.25) is 0 Å². The Kier molecular flexibility index (Phi) is 4.78. The van der Waals surface area contributed by atoms with Crippen LogP contribution in [0.25, 0.3) is 10.9 Å². The van der Waals surface area contributed by atoms with Crippen LogP contribution in [0.2, 0.25) is 0 Å². The highest BCUT2D eigenvalue weighted by Crippen LogP contribution is 2.31. The molecule has 0 saturated heterocycles. The van der Waals surface area contributed by atoms with Gasteiger partial charge in [-0.2, -0.15) is 5.10 Å². The zero-order valence-electron chi connectivity index (χ0n) is 14.7.